The highest BCUT2D eigenvalue weighted by molar-refractivity contribution is 6.08. The number of allylic oxidation sites excluding steroid dienone is 2. The summed E-state index contributed by atoms with van der Waals surface area (Å²) in [4.78, 5) is 66.5. The summed E-state index contributed by atoms with van der Waals surface area (Å²) in [5.41, 5.74) is 1.04. The maximum absolute atomic E-state index is 13.0. The van der Waals surface area contributed by atoms with Crippen molar-refractivity contribution in [3.05, 3.63) is 36.4 Å². The molecule has 1 N–H and O–H groups in total. The second-order valence-electron chi connectivity index (χ2n) is 9.67. The van der Waals surface area contributed by atoms with E-state index < -0.39 is 36.4 Å². The fourth-order valence-electron chi connectivity index (χ4n) is 5.02. The summed E-state index contributed by atoms with van der Waals surface area (Å²) in [5.74, 6) is -2.91. The third kappa shape index (κ3) is 5.13. The van der Waals surface area contributed by atoms with E-state index in [4.69, 9.17) is 4.74 Å². The number of carbonyl (C=O) groups excluding carboxylic acids is 5. The predicted octanol–water partition coefficient (Wildman–Crippen LogP) is 2.66. The first kappa shape index (κ1) is 24.6. The summed E-state index contributed by atoms with van der Waals surface area (Å²) in [7, 11) is 0. The number of fused-ring (bicyclic) bond motifs is 1. The van der Waals surface area contributed by atoms with Crippen LogP contribution in [0.1, 0.15) is 46.0 Å². The Kier molecular flexibility index (Phi) is 7.33. The zero-order chi connectivity index (χ0) is 25.1. The van der Waals surface area contributed by atoms with Gasteiger partial charge in [-0.2, -0.15) is 0 Å². The zero-order valence-electron chi connectivity index (χ0n) is 20.1. The number of anilines is 2. The monoisotopic (exact) mass is 481 g/mol. The first-order valence-electron chi connectivity index (χ1n) is 12.2. The van der Waals surface area contributed by atoms with E-state index in [1.807, 2.05) is 26.0 Å². The molecule has 3 unspecified atom stereocenters. The van der Waals surface area contributed by atoms with Crippen LogP contribution in [0, 0.1) is 17.8 Å². The number of ether oxygens (including phenoxy) is 1. The molecule has 2 aliphatic heterocycles. The van der Waals surface area contributed by atoms with Crippen LogP contribution in [0.5, 0.6) is 0 Å². The quantitative estimate of drug-likeness (QED) is 0.347. The maximum atomic E-state index is 13.0. The van der Waals surface area contributed by atoms with Crippen LogP contribution >= 0.6 is 0 Å². The molecule has 3 aliphatic rings. The number of nitrogens with one attached hydrogen (secondary N) is 1. The molecule has 4 amide bonds. The van der Waals surface area contributed by atoms with Gasteiger partial charge in [0.25, 0.3) is 5.91 Å². The molecule has 0 saturated carbocycles. The van der Waals surface area contributed by atoms with Gasteiger partial charge in [0, 0.05) is 13.0 Å². The number of rotatable bonds is 8. The van der Waals surface area contributed by atoms with Gasteiger partial charge < -0.3 is 15.0 Å². The third-order valence-electron chi connectivity index (χ3n) is 6.71. The minimum Gasteiger partial charge on any atom is -0.454 e. The van der Waals surface area contributed by atoms with Crippen LogP contribution in [0.4, 0.5) is 11.4 Å². The summed E-state index contributed by atoms with van der Waals surface area (Å²) in [6, 6.07) is 5.89. The fourth-order valence-corrected chi connectivity index (χ4v) is 5.02. The Morgan fingerprint density at radius 1 is 1.06 bits per heavy atom. The van der Waals surface area contributed by atoms with Crippen LogP contribution in [-0.4, -0.2) is 53.7 Å². The number of para-hydroxylation sites is 2. The van der Waals surface area contributed by atoms with E-state index in [-0.39, 0.29) is 30.1 Å². The van der Waals surface area contributed by atoms with Gasteiger partial charge in [-0.05, 0) is 43.7 Å². The molecule has 9 nitrogen and oxygen atoms in total. The number of carbonyl (C=O) groups is 5. The Bertz CT molecular complexity index is 1040. The van der Waals surface area contributed by atoms with E-state index in [9.17, 15) is 24.0 Å². The standard InChI is InChI=1S/C26H31N3O6/c1-16(2)14-21(29-24(32)17-8-3-4-9-18(17)25(29)33)26(34)35-15-22(30)27-19-10-5-6-11-20(19)28-13-7-12-23(28)31/h3-6,10-11,16-18,21H,7-9,12-15H2,1-2H3,(H,27,30). The largest absolute Gasteiger partial charge is 0.454 e. The average molecular weight is 482 g/mol. The van der Waals surface area contributed by atoms with Crippen molar-refractivity contribution >= 4 is 41.0 Å². The number of hydrogen-bond donors (Lipinski definition) is 1. The summed E-state index contributed by atoms with van der Waals surface area (Å²) < 4.78 is 5.29. The smallest absolute Gasteiger partial charge is 0.329 e. The molecule has 186 valence electrons. The van der Waals surface area contributed by atoms with Crippen LogP contribution in [-0.2, 0) is 28.7 Å². The number of imide groups is 1. The number of esters is 1. The first-order valence-corrected chi connectivity index (χ1v) is 12.2. The average Bonchev–Trinajstić information content (AvgIpc) is 3.37. The molecular formula is C26H31N3O6. The highest BCUT2D eigenvalue weighted by Gasteiger charge is 2.51. The maximum Gasteiger partial charge on any atom is 0.329 e. The molecule has 35 heavy (non-hydrogen) atoms. The first-order chi connectivity index (χ1) is 16.8. The summed E-state index contributed by atoms with van der Waals surface area (Å²) in [6.07, 6.45) is 6.22. The number of benzene rings is 1. The molecule has 0 radical (unpaired) electrons. The van der Waals surface area contributed by atoms with Crippen molar-refractivity contribution < 1.29 is 28.7 Å². The molecule has 4 rings (SSSR count). The molecule has 3 atom stereocenters. The molecule has 1 aliphatic carbocycles. The lowest BCUT2D eigenvalue weighted by Gasteiger charge is -2.26. The van der Waals surface area contributed by atoms with Crippen molar-refractivity contribution in [3.8, 4) is 0 Å². The predicted molar refractivity (Wildman–Crippen MR) is 128 cm³/mol. The lowest BCUT2D eigenvalue weighted by Crippen LogP contribution is -2.47. The van der Waals surface area contributed by atoms with Crippen LogP contribution in [0.2, 0.25) is 0 Å². The Morgan fingerprint density at radius 2 is 1.71 bits per heavy atom. The second kappa shape index (κ2) is 10.4. The summed E-state index contributed by atoms with van der Waals surface area (Å²) in [6.45, 7) is 3.79. The molecule has 9 heteroatoms. The van der Waals surface area contributed by atoms with Gasteiger partial charge in [0.1, 0.15) is 6.04 Å². The minimum atomic E-state index is -1.07. The Labute approximate surface area is 204 Å². The Balaban J connectivity index is 1.42. The third-order valence-corrected chi connectivity index (χ3v) is 6.71. The van der Waals surface area contributed by atoms with Crippen molar-refractivity contribution in [2.45, 2.75) is 52.0 Å². The zero-order valence-corrected chi connectivity index (χ0v) is 20.1. The van der Waals surface area contributed by atoms with Crippen molar-refractivity contribution in [1.82, 2.24) is 4.90 Å². The van der Waals surface area contributed by atoms with E-state index in [1.165, 1.54) is 0 Å². The van der Waals surface area contributed by atoms with Gasteiger partial charge in [-0.25, -0.2) is 4.79 Å². The molecule has 0 spiro atoms. The van der Waals surface area contributed by atoms with E-state index in [0.29, 0.717) is 37.2 Å². The molecule has 0 bridgehead atoms. The number of nitrogens with zero attached hydrogens (tertiary/aromatic N) is 2. The molecule has 1 aromatic carbocycles. The van der Waals surface area contributed by atoms with Gasteiger partial charge in [-0.3, -0.25) is 24.1 Å². The SMILES string of the molecule is CC(C)CC(C(=O)OCC(=O)Nc1ccccc1N1CCCC1=O)N1C(=O)C2CC=CCC2C1=O. The number of hydrogen-bond acceptors (Lipinski definition) is 6. The van der Waals surface area contributed by atoms with E-state index >= 15 is 0 Å². The van der Waals surface area contributed by atoms with Crippen LogP contribution in [0.15, 0.2) is 36.4 Å². The highest BCUT2D eigenvalue weighted by Crippen LogP contribution is 2.37. The molecule has 2 saturated heterocycles. The van der Waals surface area contributed by atoms with Crippen LogP contribution < -0.4 is 10.2 Å². The molecule has 1 aromatic rings. The normalized spacial score (nSPS) is 22.5. The van der Waals surface area contributed by atoms with Gasteiger partial charge in [0.15, 0.2) is 6.61 Å². The summed E-state index contributed by atoms with van der Waals surface area (Å²) >= 11 is 0. The minimum absolute atomic E-state index is 0.00892. The van der Waals surface area contributed by atoms with Gasteiger partial charge in [0.2, 0.25) is 17.7 Å². The lowest BCUT2D eigenvalue weighted by molar-refractivity contribution is -0.160. The summed E-state index contributed by atoms with van der Waals surface area (Å²) in [5, 5.41) is 2.70. The van der Waals surface area contributed by atoms with Crippen LogP contribution in [0.3, 0.4) is 0 Å². The Morgan fingerprint density at radius 3 is 2.31 bits per heavy atom. The van der Waals surface area contributed by atoms with E-state index in [1.54, 1.807) is 29.2 Å². The van der Waals surface area contributed by atoms with Gasteiger partial charge in [-0.15, -0.1) is 0 Å². The fraction of sp³-hybridized carbons (Fsp3) is 0.500. The van der Waals surface area contributed by atoms with E-state index in [0.717, 1.165) is 11.3 Å². The molecule has 2 heterocycles. The Hall–Kier alpha value is -3.49. The van der Waals surface area contributed by atoms with Crippen molar-refractivity contribution in [2.75, 3.05) is 23.4 Å². The topological polar surface area (TPSA) is 113 Å². The second-order valence-corrected chi connectivity index (χ2v) is 9.67. The molecular weight excluding hydrogens is 450 g/mol. The van der Waals surface area contributed by atoms with E-state index in [2.05, 4.69) is 5.32 Å². The van der Waals surface area contributed by atoms with Crippen LogP contribution in [0.25, 0.3) is 0 Å². The number of likely N-dealkylation sites (tertiary alicyclic amines) is 1. The van der Waals surface area contributed by atoms with Gasteiger partial charge in [-0.1, -0.05) is 38.1 Å². The number of amides is 4. The molecule has 0 aromatic heterocycles. The van der Waals surface area contributed by atoms with Crippen molar-refractivity contribution in [2.24, 2.45) is 17.8 Å². The lowest BCUT2D eigenvalue weighted by atomic mass is 9.85. The van der Waals surface area contributed by atoms with Gasteiger partial charge >= 0.3 is 5.97 Å². The van der Waals surface area contributed by atoms with Crippen molar-refractivity contribution in [3.63, 3.8) is 0 Å². The highest BCUT2D eigenvalue weighted by atomic mass is 16.5. The molecule has 2 fully saturated rings. The van der Waals surface area contributed by atoms with Crippen molar-refractivity contribution in [1.29, 1.82) is 0 Å². The van der Waals surface area contributed by atoms with Gasteiger partial charge in [0.05, 0.1) is 23.2 Å².